The number of aliphatic hydroxyl groups excluding tert-OH is 1. The fourth-order valence-electron chi connectivity index (χ4n) is 4.43. The highest BCUT2D eigenvalue weighted by atomic mass is 32.1. The van der Waals surface area contributed by atoms with E-state index in [0.29, 0.717) is 12.6 Å². The Kier molecular flexibility index (Phi) is 6.69. The molecule has 5 rings (SSSR count). The number of ether oxygens (including phenoxy) is 1. The maximum Gasteiger partial charge on any atom is 0.138 e. The fraction of sp³-hybridized carbons (Fsp3) is 0.296. The predicted octanol–water partition coefficient (Wildman–Crippen LogP) is 4.41. The van der Waals surface area contributed by atoms with Crippen molar-refractivity contribution < 1.29 is 9.84 Å². The first-order chi connectivity index (χ1) is 16.2. The van der Waals surface area contributed by atoms with Gasteiger partial charge in [0.1, 0.15) is 18.5 Å². The zero-order valence-corrected chi connectivity index (χ0v) is 19.5. The van der Waals surface area contributed by atoms with Gasteiger partial charge < -0.3 is 15.2 Å². The molecule has 170 valence electrons. The van der Waals surface area contributed by atoms with Crippen LogP contribution in [0.1, 0.15) is 22.2 Å². The Hall–Kier alpha value is -2.77. The molecule has 0 radical (unpaired) electrons. The van der Waals surface area contributed by atoms with Crippen LogP contribution in [-0.2, 0) is 0 Å². The van der Waals surface area contributed by atoms with E-state index in [1.54, 1.807) is 11.3 Å². The van der Waals surface area contributed by atoms with Gasteiger partial charge in [0.15, 0.2) is 0 Å². The Bertz CT molecular complexity index is 1140. The smallest absolute Gasteiger partial charge is 0.138 e. The molecule has 1 saturated heterocycles. The second-order valence-corrected chi connectivity index (χ2v) is 9.79. The van der Waals surface area contributed by atoms with E-state index in [2.05, 4.69) is 75.9 Å². The van der Waals surface area contributed by atoms with Crippen LogP contribution in [0.5, 0.6) is 5.75 Å². The highest BCUT2D eigenvalue weighted by Crippen LogP contribution is 2.32. The van der Waals surface area contributed by atoms with E-state index in [9.17, 15) is 5.11 Å². The minimum absolute atomic E-state index is 0.252. The van der Waals surface area contributed by atoms with Crippen LogP contribution in [0.4, 0.5) is 0 Å². The number of fused-ring (bicyclic) bond motifs is 1. The predicted molar refractivity (Wildman–Crippen MR) is 134 cm³/mol. The number of likely N-dealkylation sites (tertiary alicyclic amines) is 1. The van der Waals surface area contributed by atoms with Crippen LogP contribution in [0.2, 0.25) is 0 Å². The number of nitrogens with zero attached hydrogens (tertiary/aromatic N) is 2. The van der Waals surface area contributed by atoms with Gasteiger partial charge in [-0.25, -0.2) is 4.98 Å². The van der Waals surface area contributed by atoms with Crippen LogP contribution >= 0.6 is 11.3 Å². The van der Waals surface area contributed by atoms with E-state index >= 15 is 0 Å². The molecule has 0 spiro atoms. The summed E-state index contributed by atoms with van der Waals surface area (Å²) < 4.78 is 6.96. The van der Waals surface area contributed by atoms with Crippen molar-refractivity contribution >= 4 is 21.6 Å². The third kappa shape index (κ3) is 5.09. The molecule has 0 bridgehead atoms. The summed E-state index contributed by atoms with van der Waals surface area (Å²) >= 11 is 1.62. The normalized spacial score (nSPS) is 15.6. The fourth-order valence-corrected chi connectivity index (χ4v) is 5.32. The number of nitrogens with one attached hydrogen (secondary N) is 1. The van der Waals surface area contributed by atoms with Crippen LogP contribution in [0.25, 0.3) is 10.2 Å². The highest BCUT2D eigenvalue weighted by molar-refractivity contribution is 7.18. The first kappa shape index (κ1) is 22.0. The first-order valence-electron chi connectivity index (χ1n) is 11.4. The Morgan fingerprint density at radius 1 is 1.00 bits per heavy atom. The third-order valence-electron chi connectivity index (χ3n) is 6.06. The highest BCUT2D eigenvalue weighted by Gasteiger charge is 2.33. The van der Waals surface area contributed by atoms with Gasteiger partial charge in [0.05, 0.1) is 21.3 Å². The number of hydrogen-bond acceptors (Lipinski definition) is 6. The van der Waals surface area contributed by atoms with E-state index in [4.69, 9.17) is 4.74 Å². The molecule has 1 fully saturated rings. The average Bonchev–Trinajstić information content (AvgIpc) is 3.21. The van der Waals surface area contributed by atoms with Gasteiger partial charge in [0.2, 0.25) is 0 Å². The molecular formula is C27H29N3O2S. The minimum Gasteiger partial charge on any atom is -0.489 e. The first-order valence-corrected chi connectivity index (χ1v) is 12.2. The molecule has 3 aromatic carbocycles. The number of aryl methyl sites for hydroxylation is 1. The van der Waals surface area contributed by atoms with Gasteiger partial charge in [0, 0.05) is 25.7 Å². The number of aliphatic hydroxyl groups is 1. The van der Waals surface area contributed by atoms with Crippen LogP contribution < -0.4 is 10.1 Å². The maximum atomic E-state index is 10.5. The van der Waals surface area contributed by atoms with E-state index < -0.39 is 6.10 Å². The lowest BCUT2D eigenvalue weighted by Gasteiger charge is -2.45. The number of hydrogen-bond donors (Lipinski definition) is 2. The molecular weight excluding hydrogens is 430 g/mol. The lowest BCUT2D eigenvalue weighted by atomic mass is 9.93. The summed E-state index contributed by atoms with van der Waals surface area (Å²) in [6, 6.07) is 27.8. The largest absolute Gasteiger partial charge is 0.489 e. The second kappa shape index (κ2) is 10.0. The molecule has 1 aromatic heterocycles. The third-order valence-corrected chi connectivity index (χ3v) is 7.07. The minimum atomic E-state index is -0.567. The average molecular weight is 460 g/mol. The molecule has 6 heteroatoms. The summed E-state index contributed by atoms with van der Waals surface area (Å²) in [6.45, 7) is 4.66. The monoisotopic (exact) mass is 459 g/mol. The van der Waals surface area contributed by atoms with Crippen LogP contribution in [0, 0.1) is 6.92 Å². The van der Waals surface area contributed by atoms with Gasteiger partial charge in [-0.1, -0.05) is 66.7 Å². The molecule has 1 atom stereocenters. The Morgan fingerprint density at radius 2 is 1.67 bits per heavy atom. The van der Waals surface area contributed by atoms with Crippen molar-refractivity contribution in [1.29, 1.82) is 0 Å². The summed E-state index contributed by atoms with van der Waals surface area (Å²) in [6.07, 6.45) is -0.567. The number of aromatic nitrogens is 1. The molecule has 1 aliphatic rings. The number of rotatable bonds is 9. The van der Waals surface area contributed by atoms with Gasteiger partial charge in [-0.05, 0) is 30.2 Å². The van der Waals surface area contributed by atoms with Crippen molar-refractivity contribution in [3.05, 3.63) is 95.0 Å². The van der Waals surface area contributed by atoms with Crippen molar-refractivity contribution in [2.75, 3.05) is 26.2 Å². The zero-order chi connectivity index (χ0) is 22.6. The quantitative estimate of drug-likeness (QED) is 0.388. The van der Waals surface area contributed by atoms with Gasteiger partial charge in [-0.2, -0.15) is 0 Å². The van der Waals surface area contributed by atoms with Gasteiger partial charge in [-0.15, -0.1) is 11.3 Å². The summed E-state index contributed by atoms with van der Waals surface area (Å²) in [5.41, 5.74) is 3.56. The lowest BCUT2D eigenvalue weighted by molar-refractivity contribution is 0.0665. The molecule has 1 unspecified atom stereocenters. The van der Waals surface area contributed by atoms with Crippen LogP contribution in [0.3, 0.4) is 0 Å². The Balaban J connectivity index is 1.13. The number of thiazole rings is 1. The Morgan fingerprint density at radius 3 is 2.33 bits per heavy atom. The summed E-state index contributed by atoms with van der Waals surface area (Å²) in [5.74, 6) is 0.792. The molecule has 0 aliphatic carbocycles. The molecule has 5 nitrogen and oxygen atoms in total. The lowest BCUT2D eigenvalue weighted by Crippen LogP contribution is -2.60. The summed E-state index contributed by atoms with van der Waals surface area (Å²) in [5, 5.41) is 15.0. The Labute approximate surface area is 198 Å². The molecule has 1 aliphatic heterocycles. The van der Waals surface area contributed by atoms with E-state index in [0.717, 1.165) is 34.1 Å². The van der Waals surface area contributed by atoms with E-state index in [1.165, 1.54) is 11.1 Å². The molecule has 2 heterocycles. The molecule has 33 heavy (non-hydrogen) atoms. The SMILES string of the molecule is Cc1nc2cccc(OCC(O)CNC3CN(C(c4ccccc4)c4ccccc4)C3)c2s1. The van der Waals surface area contributed by atoms with Crippen LogP contribution in [0.15, 0.2) is 78.9 Å². The molecule has 0 saturated carbocycles. The number of benzene rings is 3. The van der Waals surface area contributed by atoms with Gasteiger partial charge >= 0.3 is 0 Å². The van der Waals surface area contributed by atoms with Crippen molar-refractivity contribution in [3.8, 4) is 5.75 Å². The standard InChI is InChI=1S/C27H29N3O2S/c1-19-29-24-13-8-14-25(27(24)33-19)32-18-23(31)15-28-22-16-30(17-22)26(20-9-4-2-5-10-20)21-11-6-3-7-12-21/h2-14,22-23,26,28,31H,15-18H2,1H3. The van der Waals surface area contributed by atoms with Crippen molar-refractivity contribution in [2.24, 2.45) is 0 Å². The molecule has 4 aromatic rings. The topological polar surface area (TPSA) is 57.6 Å². The van der Waals surface area contributed by atoms with E-state index in [-0.39, 0.29) is 12.6 Å². The molecule has 2 N–H and O–H groups in total. The molecule has 0 amide bonds. The van der Waals surface area contributed by atoms with E-state index in [1.807, 2.05) is 25.1 Å². The summed E-state index contributed by atoms with van der Waals surface area (Å²) in [4.78, 5) is 6.99. The van der Waals surface area contributed by atoms with Gasteiger partial charge in [-0.3, -0.25) is 4.90 Å². The van der Waals surface area contributed by atoms with Gasteiger partial charge in [0.25, 0.3) is 0 Å². The maximum absolute atomic E-state index is 10.5. The zero-order valence-electron chi connectivity index (χ0n) is 18.7. The summed E-state index contributed by atoms with van der Waals surface area (Å²) in [7, 11) is 0. The van der Waals surface area contributed by atoms with Crippen LogP contribution in [-0.4, -0.2) is 53.4 Å². The van der Waals surface area contributed by atoms with Crippen molar-refractivity contribution in [1.82, 2.24) is 15.2 Å². The van der Waals surface area contributed by atoms with Crippen molar-refractivity contribution in [3.63, 3.8) is 0 Å². The second-order valence-electron chi connectivity index (χ2n) is 8.59. The van der Waals surface area contributed by atoms with Crippen molar-refractivity contribution in [2.45, 2.75) is 25.1 Å².